The van der Waals surface area contributed by atoms with Crippen molar-refractivity contribution in [3.8, 4) is 0 Å². The highest BCUT2D eigenvalue weighted by Crippen LogP contribution is 2.60. The van der Waals surface area contributed by atoms with E-state index >= 15 is 0 Å². The highest BCUT2D eigenvalue weighted by Gasteiger charge is 2.54. The van der Waals surface area contributed by atoms with Gasteiger partial charge in [-0.2, -0.15) is 0 Å². The Morgan fingerprint density at radius 2 is 1.74 bits per heavy atom. The summed E-state index contributed by atoms with van der Waals surface area (Å²) in [4.78, 5) is 17.7. The van der Waals surface area contributed by atoms with Gasteiger partial charge in [-0.3, -0.25) is 10.1 Å². The minimum absolute atomic E-state index is 0.118. The zero-order chi connectivity index (χ0) is 15.6. The van der Waals surface area contributed by atoms with Crippen molar-refractivity contribution in [3.63, 3.8) is 0 Å². The van der Waals surface area contributed by atoms with E-state index in [0.717, 1.165) is 48.0 Å². The monoisotopic (exact) mass is 309 g/mol. The molecule has 6 rings (SSSR count). The number of benzene rings is 1. The first-order valence-corrected chi connectivity index (χ1v) is 8.86. The molecule has 2 aromatic rings. The number of carbonyl (C=O) groups is 1. The molecular weight excluding hydrogens is 286 g/mol. The van der Waals surface area contributed by atoms with E-state index in [2.05, 4.69) is 10.3 Å². The molecule has 4 fully saturated rings. The van der Waals surface area contributed by atoms with Crippen molar-refractivity contribution in [2.75, 3.05) is 5.32 Å². The Balaban J connectivity index is 1.46. The van der Waals surface area contributed by atoms with Crippen molar-refractivity contribution in [2.45, 2.75) is 38.5 Å². The lowest BCUT2D eigenvalue weighted by atomic mass is 9.49. The zero-order valence-electron chi connectivity index (χ0n) is 13.6. The normalized spacial score (nSPS) is 34.9. The van der Waals surface area contributed by atoms with Gasteiger partial charge in [0.15, 0.2) is 0 Å². The van der Waals surface area contributed by atoms with Crippen LogP contribution in [0.15, 0.2) is 24.3 Å². The summed E-state index contributed by atoms with van der Waals surface area (Å²) in [6.07, 6.45) is 7.36. The largest absolute Gasteiger partial charge is 0.313 e. The van der Waals surface area contributed by atoms with Gasteiger partial charge in [0.05, 0.1) is 16.4 Å². The molecule has 0 radical (unpaired) electrons. The van der Waals surface area contributed by atoms with Gasteiger partial charge >= 0.3 is 0 Å². The number of anilines is 1. The van der Waals surface area contributed by atoms with Crippen LogP contribution in [0.1, 0.15) is 38.5 Å². The van der Waals surface area contributed by atoms with Gasteiger partial charge in [0.25, 0.3) is 0 Å². The summed E-state index contributed by atoms with van der Waals surface area (Å²) in [5, 5.41) is 3.17. The van der Waals surface area contributed by atoms with E-state index < -0.39 is 0 Å². The summed E-state index contributed by atoms with van der Waals surface area (Å²) in [6.45, 7) is 0. The van der Waals surface area contributed by atoms with Gasteiger partial charge in [-0.05, 0) is 68.4 Å². The number of rotatable bonds is 2. The fourth-order valence-electron chi connectivity index (χ4n) is 5.88. The summed E-state index contributed by atoms with van der Waals surface area (Å²) >= 11 is 0. The molecule has 1 aromatic heterocycles. The number of nitrogens with zero attached hydrogens (tertiary/aromatic N) is 2. The van der Waals surface area contributed by atoms with Crippen molar-refractivity contribution >= 4 is 22.9 Å². The van der Waals surface area contributed by atoms with Gasteiger partial charge in [-0.25, -0.2) is 4.98 Å². The third-order valence-corrected chi connectivity index (χ3v) is 6.53. The van der Waals surface area contributed by atoms with E-state index in [9.17, 15) is 4.79 Å². The van der Waals surface area contributed by atoms with Gasteiger partial charge in [-0.15, -0.1) is 0 Å². The SMILES string of the molecule is Cn1c(NC(=O)C23CC4CC(CC(C4)C2)C3)nc2ccccc21. The fraction of sp³-hybridized carbons (Fsp3) is 0.579. The molecular formula is C19H23N3O. The second kappa shape index (κ2) is 4.59. The highest BCUT2D eigenvalue weighted by atomic mass is 16.2. The second-order valence-corrected chi connectivity index (χ2v) is 8.14. The number of aromatic nitrogens is 2. The Labute approximate surface area is 136 Å². The average Bonchev–Trinajstić information content (AvgIpc) is 2.83. The summed E-state index contributed by atoms with van der Waals surface area (Å²) < 4.78 is 1.99. The molecule has 1 N–H and O–H groups in total. The predicted octanol–water partition coefficient (Wildman–Crippen LogP) is 3.73. The number of aryl methyl sites for hydroxylation is 1. The number of fused-ring (bicyclic) bond motifs is 1. The molecule has 0 saturated heterocycles. The first kappa shape index (κ1) is 13.6. The van der Waals surface area contributed by atoms with Crippen LogP contribution >= 0.6 is 0 Å². The molecule has 0 unspecified atom stereocenters. The van der Waals surface area contributed by atoms with Crippen LogP contribution in [-0.2, 0) is 11.8 Å². The standard InChI is InChI=1S/C19H23N3O/c1-22-16-5-3-2-4-15(16)20-18(22)21-17(23)19-9-12-6-13(10-19)8-14(7-12)11-19/h2-5,12-14H,6-11H2,1H3,(H,20,21,23). The summed E-state index contributed by atoms with van der Waals surface area (Å²) in [5.41, 5.74) is 1.89. The third-order valence-electron chi connectivity index (χ3n) is 6.53. The first-order valence-electron chi connectivity index (χ1n) is 8.86. The Kier molecular flexibility index (Phi) is 2.71. The first-order chi connectivity index (χ1) is 11.1. The van der Waals surface area contributed by atoms with Crippen LogP contribution < -0.4 is 5.32 Å². The molecule has 4 bridgehead atoms. The number of carbonyl (C=O) groups excluding carboxylic acids is 1. The zero-order valence-corrected chi connectivity index (χ0v) is 13.6. The molecule has 1 heterocycles. The van der Waals surface area contributed by atoms with Gasteiger partial charge < -0.3 is 4.57 Å². The molecule has 0 spiro atoms. The Bertz CT molecular complexity index is 756. The lowest BCUT2D eigenvalue weighted by Gasteiger charge is -2.55. The number of hydrogen-bond donors (Lipinski definition) is 1. The van der Waals surface area contributed by atoms with Gasteiger partial charge in [0.1, 0.15) is 0 Å². The lowest BCUT2D eigenvalue weighted by Crippen LogP contribution is -2.52. The smallest absolute Gasteiger partial charge is 0.232 e. The second-order valence-electron chi connectivity index (χ2n) is 8.14. The number of amides is 1. The third kappa shape index (κ3) is 1.97. The number of imidazole rings is 1. The summed E-state index contributed by atoms with van der Waals surface area (Å²) in [5.74, 6) is 3.26. The Morgan fingerprint density at radius 3 is 2.35 bits per heavy atom. The van der Waals surface area contributed by atoms with E-state index in [1.165, 1.54) is 19.3 Å². The van der Waals surface area contributed by atoms with Gasteiger partial charge in [-0.1, -0.05) is 12.1 Å². The van der Waals surface area contributed by atoms with E-state index in [1.807, 2.05) is 35.9 Å². The van der Waals surface area contributed by atoms with E-state index in [-0.39, 0.29) is 11.3 Å². The molecule has 0 atom stereocenters. The van der Waals surface area contributed by atoms with Crippen LogP contribution in [0.5, 0.6) is 0 Å². The Morgan fingerprint density at radius 1 is 1.13 bits per heavy atom. The van der Waals surface area contributed by atoms with E-state index in [0.29, 0.717) is 5.95 Å². The quantitative estimate of drug-likeness (QED) is 0.919. The molecule has 1 aromatic carbocycles. The molecule has 23 heavy (non-hydrogen) atoms. The summed E-state index contributed by atoms with van der Waals surface area (Å²) in [7, 11) is 1.98. The van der Waals surface area contributed by atoms with Gasteiger partial charge in [0, 0.05) is 7.05 Å². The van der Waals surface area contributed by atoms with Crippen molar-refractivity contribution in [2.24, 2.45) is 30.2 Å². The summed E-state index contributed by atoms with van der Waals surface area (Å²) in [6, 6.07) is 8.03. The molecule has 4 nitrogen and oxygen atoms in total. The molecule has 4 aliphatic rings. The van der Waals surface area contributed by atoms with Crippen LogP contribution in [0.4, 0.5) is 5.95 Å². The van der Waals surface area contributed by atoms with E-state index in [1.54, 1.807) is 0 Å². The predicted molar refractivity (Wildman–Crippen MR) is 89.9 cm³/mol. The van der Waals surface area contributed by atoms with Crippen molar-refractivity contribution in [1.29, 1.82) is 0 Å². The molecule has 1 amide bonds. The van der Waals surface area contributed by atoms with Crippen molar-refractivity contribution in [3.05, 3.63) is 24.3 Å². The minimum Gasteiger partial charge on any atom is -0.313 e. The Hall–Kier alpha value is -1.84. The highest BCUT2D eigenvalue weighted by molar-refractivity contribution is 5.96. The molecule has 4 heteroatoms. The topological polar surface area (TPSA) is 46.9 Å². The number of nitrogens with one attached hydrogen (secondary N) is 1. The fourth-order valence-corrected chi connectivity index (χ4v) is 5.88. The number of para-hydroxylation sites is 2. The van der Waals surface area contributed by atoms with Crippen molar-refractivity contribution < 1.29 is 4.79 Å². The molecule has 4 saturated carbocycles. The minimum atomic E-state index is -0.118. The maximum absolute atomic E-state index is 13.1. The lowest BCUT2D eigenvalue weighted by molar-refractivity contribution is -0.140. The maximum atomic E-state index is 13.1. The van der Waals surface area contributed by atoms with Crippen molar-refractivity contribution in [1.82, 2.24) is 9.55 Å². The van der Waals surface area contributed by atoms with E-state index in [4.69, 9.17) is 0 Å². The number of hydrogen-bond acceptors (Lipinski definition) is 2. The van der Waals surface area contributed by atoms with Gasteiger partial charge in [0.2, 0.25) is 11.9 Å². The van der Waals surface area contributed by atoms with Crippen LogP contribution in [0.3, 0.4) is 0 Å². The maximum Gasteiger partial charge on any atom is 0.232 e. The molecule has 120 valence electrons. The van der Waals surface area contributed by atoms with Crippen LogP contribution in [0, 0.1) is 23.2 Å². The van der Waals surface area contributed by atoms with Crippen LogP contribution in [0.25, 0.3) is 11.0 Å². The molecule has 0 aliphatic heterocycles. The molecule has 4 aliphatic carbocycles. The van der Waals surface area contributed by atoms with Crippen LogP contribution in [-0.4, -0.2) is 15.5 Å². The van der Waals surface area contributed by atoms with Crippen LogP contribution in [0.2, 0.25) is 0 Å². The average molecular weight is 309 g/mol.